The number of aromatic amines is 1. The van der Waals surface area contributed by atoms with Crippen LogP contribution in [0.25, 0.3) is 0 Å². The van der Waals surface area contributed by atoms with Gasteiger partial charge in [-0.25, -0.2) is 4.98 Å². The van der Waals surface area contributed by atoms with Gasteiger partial charge >= 0.3 is 0 Å². The van der Waals surface area contributed by atoms with E-state index >= 15 is 0 Å². The first-order valence-corrected chi connectivity index (χ1v) is 6.21. The highest BCUT2D eigenvalue weighted by Crippen LogP contribution is 2.19. The van der Waals surface area contributed by atoms with Gasteiger partial charge in [0.2, 0.25) is 5.91 Å². The van der Waals surface area contributed by atoms with Crippen LogP contribution in [0.5, 0.6) is 0 Å². The number of carbonyl (C=O) groups is 1. The lowest BCUT2D eigenvalue weighted by molar-refractivity contribution is -0.128. The third kappa shape index (κ3) is 2.64. The Labute approximate surface area is 110 Å². The number of rotatable bonds is 1. The summed E-state index contributed by atoms with van der Waals surface area (Å²) in [4.78, 5) is 33.0. The van der Waals surface area contributed by atoms with Crippen molar-refractivity contribution in [2.75, 3.05) is 31.1 Å². The van der Waals surface area contributed by atoms with Crippen molar-refractivity contribution in [2.45, 2.75) is 13.3 Å². The van der Waals surface area contributed by atoms with Crippen molar-refractivity contribution in [3.8, 4) is 0 Å². The van der Waals surface area contributed by atoms with E-state index in [0.717, 1.165) is 19.5 Å². The molecule has 0 bridgehead atoms. The number of anilines is 1. The molecular weight excluding hydrogens is 256 g/mol. The Morgan fingerprint density at radius 2 is 2.17 bits per heavy atom. The summed E-state index contributed by atoms with van der Waals surface area (Å²) < 4.78 is 0. The van der Waals surface area contributed by atoms with Gasteiger partial charge in [0.25, 0.3) is 5.56 Å². The Morgan fingerprint density at radius 1 is 1.39 bits per heavy atom. The smallest absolute Gasteiger partial charge is 0.271 e. The minimum absolute atomic E-state index is 0.0711. The normalized spacial score (nSPS) is 16.6. The first kappa shape index (κ1) is 12.9. The molecule has 6 nitrogen and oxygen atoms in total. The number of aromatic nitrogens is 2. The monoisotopic (exact) mass is 270 g/mol. The van der Waals surface area contributed by atoms with Crippen LogP contribution in [-0.4, -0.2) is 47.0 Å². The molecule has 0 unspecified atom stereocenters. The van der Waals surface area contributed by atoms with Crippen LogP contribution in [0.4, 0.5) is 5.82 Å². The van der Waals surface area contributed by atoms with Crippen molar-refractivity contribution in [2.24, 2.45) is 0 Å². The Morgan fingerprint density at radius 3 is 2.89 bits per heavy atom. The number of halogens is 1. The number of H-pyrrole nitrogens is 1. The van der Waals surface area contributed by atoms with Gasteiger partial charge in [-0.1, -0.05) is 11.6 Å². The fraction of sp³-hybridized carbons (Fsp3) is 0.545. The molecule has 0 aliphatic carbocycles. The molecule has 1 aromatic rings. The molecule has 0 aromatic carbocycles. The minimum atomic E-state index is -0.339. The molecule has 0 atom stereocenters. The lowest BCUT2D eigenvalue weighted by Gasteiger charge is -2.22. The first-order chi connectivity index (χ1) is 8.59. The number of amides is 1. The van der Waals surface area contributed by atoms with E-state index in [-0.39, 0.29) is 16.5 Å². The molecule has 0 saturated carbocycles. The van der Waals surface area contributed by atoms with Crippen molar-refractivity contribution in [3.05, 3.63) is 21.7 Å². The summed E-state index contributed by atoms with van der Waals surface area (Å²) in [6.07, 6.45) is 2.18. The van der Waals surface area contributed by atoms with Crippen molar-refractivity contribution >= 4 is 23.3 Å². The summed E-state index contributed by atoms with van der Waals surface area (Å²) in [5.41, 5.74) is -0.339. The van der Waals surface area contributed by atoms with Crippen molar-refractivity contribution in [3.63, 3.8) is 0 Å². The summed E-state index contributed by atoms with van der Waals surface area (Å²) in [5.74, 6) is 0.563. The number of nitrogens with one attached hydrogen (secondary N) is 1. The van der Waals surface area contributed by atoms with E-state index in [1.165, 1.54) is 6.33 Å². The zero-order valence-electron chi connectivity index (χ0n) is 10.1. The van der Waals surface area contributed by atoms with Crippen LogP contribution in [0.15, 0.2) is 11.1 Å². The molecule has 2 rings (SSSR count). The maximum absolute atomic E-state index is 11.4. The molecule has 7 heteroatoms. The van der Waals surface area contributed by atoms with Crippen molar-refractivity contribution in [1.29, 1.82) is 0 Å². The number of nitrogens with zero attached hydrogens (tertiary/aromatic N) is 3. The van der Waals surface area contributed by atoms with E-state index < -0.39 is 0 Å². The Bertz CT molecular complexity index is 502. The fourth-order valence-electron chi connectivity index (χ4n) is 2.04. The maximum atomic E-state index is 11.4. The SMILES string of the molecule is CC(=O)N1CCCN(c2nc[nH]c(=O)c2Cl)CC1. The van der Waals surface area contributed by atoms with Gasteiger partial charge in [-0.05, 0) is 6.42 Å². The van der Waals surface area contributed by atoms with Crippen LogP contribution >= 0.6 is 11.6 Å². The Balaban J connectivity index is 2.17. The number of hydrogen-bond acceptors (Lipinski definition) is 4. The molecule has 1 N–H and O–H groups in total. The zero-order valence-corrected chi connectivity index (χ0v) is 10.9. The summed E-state index contributed by atoms with van der Waals surface area (Å²) in [6.45, 7) is 4.29. The summed E-state index contributed by atoms with van der Waals surface area (Å²) >= 11 is 5.95. The molecule has 0 radical (unpaired) electrons. The molecular formula is C11H15ClN4O2. The number of hydrogen-bond donors (Lipinski definition) is 1. The predicted molar refractivity (Wildman–Crippen MR) is 69.0 cm³/mol. The Kier molecular flexibility index (Phi) is 3.86. The number of carbonyl (C=O) groups excluding carboxylic acids is 1. The minimum Gasteiger partial charge on any atom is -0.353 e. The van der Waals surface area contributed by atoms with Crippen LogP contribution < -0.4 is 10.5 Å². The molecule has 1 aliphatic rings. The highest BCUT2D eigenvalue weighted by molar-refractivity contribution is 6.32. The molecule has 2 heterocycles. The third-order valence-electron chi connectivity index (χ3n) is 3.02. The molecule has 98 valence electrons. The topological polar surface area (TPSA) is 69.3 Å². The quantitative estimate of drug-likeness (QED) is 0.806. The van der Waals surface area contributed by atoms with Crippen LogP contribution in [-0.2, 0) is 4.79 Å². The average molecular weight is 271 g/mol. The second-order valence-electron chi connectivity index (χ2n) is 4.22. The van der Waals surface area contributed by atoms with Crippen molar-refractivity contribution < 1.29 is 4.79 Å². The molecule has 18 heavy (non-hydrogen) atoms. The molecule has 1 aliphatic heterocycles. The molecule has 1 amide bonds. The van der Waals surface area contributed by atoms with E-state index in [1.54, 1.807) is 11.8 Å². The van der Waals surface area contributed by atoms with Crippen LogP contribution in [0.3, 0.4) is 0 Å². The van der Waals surface area contributed by atoms with Gasteiger partial charge in [-0.15, -0.1) is 0 Å². The highest BCUT2D eigenvalue weighted by Gasteiger charge is 2.20. The van der Waals surface area contributed by atoms with Crippen LogP contribution in [0, 0.1) is 0 Å². The van der Waals surface area contributed by atoms with Crippen LogP contribution in [0.1, 0.15) is 13.3 Å². The van der Waals surface area contributed by atoms with Gasteiger partial charge in [0.1, 0.15) is 5.02 Å². The molecule has 0 spiro atoms. The predicted octanol–water partition coefficient (Wildman–Crippen LogP) is 0.482. The Hall–Kier alpha value is -1.56. The fourth-order valence-corrected chi connectivity index (χ4v) is 2.26. The lowest BCUT2D eigenvalue weighted by Crippen LogP contribution is -2.34. The lowest BCUT2D eigenvalue weighted by atomic mass is 10.3. The highest BCUT2D eigenvalue weighted by atomic mass is 35.5. The molecule has 1 fully saturated rings. The van der Waals surface area contributed by atoms with E-state index in [4.69, 9.17) is 11.6 Å². The largest absolute Gasteiger partial charge is 0.353 e. The standard InChI is InChI=1S/C11H15ClN4O2/c1-8(17)15-3-2-4-16(6-5-15)10-9(12)11(18)14-7-13-10/h7H,2-6H2,1H3,(H,13,14,18). The summed E-state index contributed by atoms with van der Waals surface area (Å²) in [7, 11) is 0. The second-order valence-corrected chi connectivity index (χ2v) is 4.59. The van der Waals surface area contributed by atoms with Gasteiger partial charge in [0, 0.05) is 33.1 Å². The molecule has 1 aromatic heterocycles. The van der Waals surface area contributed by atoms with E-state index in [0.29, 0.717) is 18.9 Å². The summed E-state index contributed by atoms with van der Waals surface area (Å²) in [5, 5.41) is 0.105. The van der Waals surface area contributed by atoms with Gasteiger partial charge in [0.05, 0.1) is 6.33 Å². The second kappa shape index (κ2) is 5.39. The van der Waals surface area contributed by atoms with Gasteiger partial charge < -0.3 is 14.8 Å². The molecule has 1 saturated heterocycles. The maximum Gasteiger partial charge on any atom is 0.271 e. The van der Waals surface area contributed by atoms with Gasteiger partial charge in [-0.2, -0.15) is 0 Å². The zero-order chi connectivity index (χ0) is 13.1. The van der Waals surface area contributed by atoms with E-state index in [2.05, 4.69) is 9.97 Å². The van der Waals surface area contributed by atoms with E-state index in [1.807, 2.05) is 4.90 Å². The van der Waals surface area contributed by atoms with E-state index in [9.17, 15) is 9.59 Å². The van der Waals surface area contributed by atoms with Gasteiger partial charge in [-0.3, -0.25) is 9.59 Å². The van der Waals surface area contributed by atoms with Crippen LogP contribution in [0.2, 0.25) is 5.02 Å². The van der Waals surface area contributed by atoms with Gasteiger partial charge in [0.15, 0.2) is 5.82 Å². The summed E-state index contributed by atoms with van der Waals surface area (Å²) in [6, 6.07) is 0. The average Bonchev–Trinajstić information content (AvgIpc) is 2.58. The van der Waals surface area contributed by atoms with Crippen molar-refractivity contribution in [1.82, 2.24) is 14.9 Å². The first-order valence-electron chi connectivity index (χ1n) is 5.83. The third-order valence-corrected chi connectivity index (χ3v) is 3.36.